The number of oxazole rings is 1. The zero-order valence-corrected chi connectivity index (χ0v) is 15.8. The van der Waals surface area contributed by atoms with E-state index in [1.165, 1.54) is 0 Å². The van der Waals surface area contributed by atoms with Crippen LogP contribution in [-0.2, 0) is 13.2 Å². The minimum Gasteiger partial charge on any atom is -0.440 e. The van der Waals surface area contributed by atoms with E-state index in [9.17, 15) is 0 Å². The van der Waals surface area contributed by atoms with E-state index in [0.717, 1.165) is 53.5 Å². The number of likely N-dealkylation sites (tertiary alicyclic amines) is 1. The lowest BCUT2D eigenvalue weighted by Crippen LogP contribution is -2.36. The molecule has 136 valence electrons. The molecule has 1 saturated heterocycles. The molecular formula is C19H23N5OS. The van der Waals surface area contributed by atoms with Crippen molar-refractivity contribution < 1.29 is 4.42 Å². The number of allylic oxidation sites excluding steroid dienone is 1. The Morgan fingerprint density at radius 3 is 3.04 bits per heavy atom. The van der Waals surface area contributed by atoms with Crippen molar-refractivity contribution in [2.75, 3.05) is 13.1 Å². The molecule has 0 N–H and O–H groups in total. The van der Waals surface area contributed by atoms with E-state index < -0.39 is 0 Å². The van der Waals surface area contributed by atoms with Crippen LogP contribution in [0.4, 0.5) is 0 Å². The second-order valence-electron chi connectivity index (χ2n) is 6.81. The van der Waals surface area contributed by atoms with Gasteiger partial charge in [-0.2, -0.15) is 5.10 Å². The lowest BCUT2D eigenvalue weighted by molar-refractivity contribution is 0.147. The van der Waals surface area contributed by atoms with Crippen molar-refractivity contribution in [3.05, 3.63) is 53.4 Å². The normalized spacial score (nSPS) is 18.4. The first-order chi connectivity index (χ1) is 12.7. The van der Waals surface area contributed by atoms with Gasteiger partial charge < -0.3 is 8.98 Å². The van der Waals surface area contributed by atoms with Gasteiger partial charge >= 0.3 is 0 Å². The summed E-state index contributed by atoms with van der Waals surface area (Å²) in [6, 6.07) is 7.94. The van der Waals surface area contributed by atoms with Gasteiger partial charge in [-0.3, -0.25) is 4.90 Å². The molecule has 0 bridgehead atoms. The van der Waals surface area contributed by atoms with E-state index in [1.807, 2.05) is 46.5 Å². The minimum absolute atomic E-state index is 0.307. The summed E-state index contributed by atoms with van der Waals surface area (Å²) in [5, 5.41) is 4.60. The summed E-state index contributed by atoms with van der Waals surface area (Å²) in [5.74, 6) is 2.07. The molecule has 3 heterocycles. The maximum absolute atomic E-state index is 5.99. The highest BCUT2D eigenvalue weighted by molar-refractivity contribution is 7.71. The molecule has 4 rings (SSSR count). The Bertz CT molecular complexity index is 952. The van der Waals surface area contributed by atoms with Crippen LogP contribution in [0.2, 0.25) is 0 Å². The van der Waals surface area contributed by atoms with Gasteiger partial charge in [0.15, 0.2) is 16.2 Å². The Balaban J connectivity index is 1.51. The monoisotopic (exact) mass is 369 g/mol. The van der Waals surface area contributed by atoms with E-state index in [2.05, 4.69) is 21.6 Å². The molecule has 7 heteroatoms. The molecule has 0 unspecified atom stereocenters. The molecule has 1 aromatic carbocycles. The van der Waals surface area contributed by atoms with Crippen LogP contribution in [0, 0.1) is 11.7 Å². The minimum atomic E-state index is 0.307. The zero-order chi connectivity index (χ0) is 18.1. The SMILES string of the molecule is C=CCn1c(C)nn(CN2CCC[C@H](c3nc4ccccc4o3)C2)c1=S. The van der Waals surface area contributed by atoms with Crippen molar-refractivity contribution in [2.24, 2.45) is 0 Å². The molecule has 3 aromatic rings. The molecule has 1 atom stereocenters. The van der Waals surface area contributed by atoms with Gasteiger partial charge in [-0.25, -0.2) is 9.67 Å². The first-order valence-electron chi connectivity index (χ1n) is 8.98. The molecule has 1 aliphatic heterocycles. The quantitative estimate of drug-likeness (QED) is 0.504. The standard InChI is InChI=1S/C19H23N5OS/c1-3-10-23-14(2)21-24(19(23)26)13-22-11-6-7-15(12-22)18-20-16-8-4-5-9-17(16)25-18/h3-5,8-9,15H,1,6-7,10-13H2,2H3/t15-/m0/s1. The average molecular weight is 369 g/mol. The first kappa shape index (κ1) is 17.2. The Labute approximate surface area is 157 Å². The fraction of sp³-hybridized carbons (Fsp3) is 0.421. The third-order valence-corrected chi connectivity index (χ3v) is 5.35. The second-order valence-corrected chi connectivity index (χ2v) is 7.17. The van der Waals surface area contributed by atoms with Crippen molar-refractivity contribution in [2.45, 2.75) is 38.9 Å². The van der Waals surface area contributed by atoms with E-state index >= 15 is 0 Å². The van der Waals surface area contributed by atoms with Gasteiger partial charge in [-0.1, -0.05) is 18.2 Å². The van der Waals surface area contributed by atoms with Gasteiger partial charge in [0.25, 0.3) is 0 Å². The maximum Gasteiger partial charge on any atom is 0.199 e. The number of rotatable bonds is 5. The van der Waals surface area contributed by atoms with Crippen LogP contribution in [-0.4, -0.2) is 37.3 Å². The highest BCUT2D eigenvalue weighted by Crippen LogP contribution is 2.29. The highest BCUT2D eigenvalue weighted by atomic mass is 32.1. The van der Waals surface area contributed by atoms with Crippen molar-refractivity contribution in [3.8, 4) is 0 Å². The first-order valence-corrected chi connectivity index (χ1v) is 9.39. The van der Waals surface area contributed by atoms with Crippen molar-refractivity contribution in [1.29, 1.82) is 0 Å². The summed E-state index contributed by atoms with van der Waals surface area (Å²) in [4.78, 5) is 7.06. The Hall–Kier alpha value is -2.25. The van der Waals surface area contributed by atoms with Gasteiger partial charge in [0.2, 0.25) is 0 Å². The van der Waals surface area contributed by atoms with Gasteiger partial charge in [0.05, 0.1) is 6.67 Å². The number of benzene rings is 1. The second kappa shape index (κ2) is 7.17. The van der Waals surface area contributed by atoms with Gasteiger partial charge in [0.1, 0.15) is 11.3 Å². The molecule has 0 aliphatic carbocycles. The van der Waals surface area contributed by atoms with Crippen molar-refractivity contribution in [3.63, 3.8) is 0 Å². The fourth-order valence-electron chi connectivity index (χ4n) is 3.62. The zero-order valence-electron chi connectivity index (χ0n) is 15.0. The average Bonchev–Trinajstić information content (AvgIpc) is 3.19. The summed E-state index contributed by atoms with van der Waals surface area (Å²) in [5.41, 5.74) is 1.79. The highest BCUT2D eigenvalue weighted by Gasteiger charge is 2.26. The summed E-state index contributed by atoms with van der Waals surface area (Å²) < 4.78 is 10.6. The Kier molecular flexibility index (Phi) is 4.74. The molecule has 0 spiro atoms. The van der Waals surface area contributed by atoms with Crippen LogP contribution in [0.1, 0.15) is 30.5 Å². The van der Waals surface area contributed by atoms with Crippen molar-refractivity contribution in [1.82, 2.24) is 24.2 Å². The molecule has 1 aliphatic rings. The largest absolute Gasteiger partial charge is 0.440 e. The number of para-hydroxylation sites is 2. The Morgan fingerprint density at radius 1 is 1.38 bits per heavy atom. The number of hydrogen-bond acceptors (Lipinski definition) is 5. The molecule has 1 fully saturated rings. The summed E-state index contributed by atoms with van der Waals surface area (Å²) in [7, 11) is 0. The van der Waals surface area contributed by atoms with E-state index in [1.54, 1.807) is 0 Å². The summed E-state index contributed by atoms with van der Waals surface area (Å²) >= 11 is 5.57. The van der Waals surface area contributed by atoms with Crippen LogP contribution in [0.3, 0.4) is 0 Å². The molecule has 0 amide bonds. The fourth-order valence-corrected chi connectivity index (χ4v) is 3.93. The van der Waals surface area contributed by atoms with Gasteiger partial charge in [0, 0.05) is 19.0 Å². The van der Waals surface area contributed by atoms with Crippen LogP contribution in [0.15, 0.2) is 41.3 Å². The van der Waals surface area contributed by atoms with E-state index in [4.69, 9.17) is 16.6 Å². The van der Waals surface area contributed by atoms with Crippen molar-refractivity contribution >= 4 is 23.3 Å². The lowest BCUT2D eigenvalue weighted by atomic mass is 9.98. The number of aryl methyl sites for hydroxylation is 1. The lowest BCUT2D eigenvalue weighted by Gasteiger charge is -2.30. The molecule has 6 nitrogen and oxygen atoms in total. The van der Waals surface area contributed by atoms with Crippen LogP contribution >= 0.6 is 12.2 Å². The third kappa shape index (κ3) is 3.24. The molecule has 2 aromatic heterocycles. The predicted molar refractivity (Wildman–Crippen MR) is 104 cm³/mol. The number of nitrogens with zero attached hydrogens (tertiary/aromatic N) is 5. The number of piperidine rings is 1. The third-order valence-electron chi connectivity index (χ3n) is 4.92. The molecule has 0 saturated carbocycles. The molecule has 26 heavy (non-hydrogen) atoms. The number of fused-ring (bicyclic) bond motifs is 1. The van der Waals surface area contributed by atoms with Gasteiger partial charge in [-0.05, 0) is 50.7 Å². The van der Waals surface area contributed by atoms with Crippen LogP contribution < -0.4 is 0 Å². The summed E-state index contributed by atoms with van der Waals surface area (Å²) in [6.45, 7) is 9.10. The van der Waals surface area contributed by atoms with Crippen LogP contribution in [0.25, 0.3) is 11.1 Å². The summed E-state index contributed by atoms with van der Waals surface area (Å²) in [6.07, 6.45) is 4.06. The topological polar surface area (TPSA) is 52.0 Å². The predicted octanol–water partition coefficient (Wildman–Crippen LogP) is 3.89. The van der Waals surface area contributed by atoms with E-state index in [-0.39, 0.29) is 0 Å². The molecular weight excluding hydrogens is 346 g/mol. The van der Waals surface area contributed by atoms with E-state index in [0.29, 0.717) is 19.1 Å². The smallest absolute Gasteiger partial charge is 0.199 e. The van der Waals surface area contributed by atoms with Gasteiger partial charge in [-0.15, -0.1) is 6.58 Å². The maximum atomic E-state index is 5.99. The van der Waals surface area contributed by atoms with Crippen LogP contribution in [0.5, 0.6) is 0 Å². The Morgan fingerprint density at radius 2 is 2.23 bits per heavy atom. The number of hydrogen-bond donors (Lipinski definition) is 0. The molecule has 0 radical (unpaired) electrons. The number of aromatic nitrogens is 4.